The minimum atomic E-state index is -4.56. The first-order valence-corrected chi connectivity index (χ1v) is 9.14. The lowest BCUT2D eigenvalue weighted by atomic mass is 9.87. The van der Waals surface area contributed by atoms with Crippen molar-refractivity contribution in [2.24, 2.45) is 5.41 Å². The van der Waals surface area contributed by atoms with Crippen molar-refractivity contribution in [3.05, 3.63) is 34.9 Å². The Balaban J connectivity index is 2.25. The number of fused-ring (bicyclic) bond motifs is 1. The highest BCUT2D eigenvalue weighted by molar-refractivity contribution is 5.73. The number of halogens is 3. The largest absolute Gasteiger partial charge is 0.480 e. The van der Waals surface area contributed by atoms with Gasteiger partial charge in [-0.1, -0.05) is 39.0 Å². The zero-order valence-corrected chi connectivity index (χ0v) is 15.6. The molecule has 0 heterocycles. The molecule has 0 unspecified atom stereocenters. The van der Waals surface area contributed by atoms with Crippen LogP contribution in [0.1, 0.15) is 69.2 Å². The SMILES string of the molecule is CC(C)(C)CC[C@H](N[C@@H](c1ccc2c(c1)CCCC2)C(F)(F)F)C(=O)O. The van der Waals surface area contributed by atoms with Crippen LogP contribution in [0.25, 0.3) is 0 Å². The van der Waals surface area contributed by atoms with Gasteiger partial charge in [-0.25, -0.2) is 0 Å². The summed E-state index contributed by atoms with van der Waals surface area (Å²) in [5, 5.41) is 11.8. The monoisotopic (exact) mass is 371 g/mol. The minimum Gasteiger partial charge on any atom is -0.480 e. The topological polar surface area (TPSA) is 49.3 Å². The Kier molecular flexibility index (Phi) is 6.37. The van der Waals surface area contributed by atoms with Crippen LogP contribution in [0.2, 0.25) is 0 Å². The molecule has 6 heteroatoms. The Hall–Kier alpha value is -1.56. The molecule has 0 amide bonds. The van der Waals surface area contributed by atoms with E-state index in [1.165, 1.54) is 6.07 Å². The van der Waals surface area contributed by atoms with Crippen LogP contribution in [0, 0.1) is 5.41 Å². The number of aryl methyl sites for hydroxylation is 2. The second-order valence-electron chi connectivity index (χ2n) is 8.37. The van der Waals surface area contributed by atoms with Crippen molar-refractivity contribution in [3.63, 3.8) is 0 Å². The summed E-state index contributed by atoms with van der Waals surface area (Å²) in [6.07, 6.45) is -0.186. The van der Waals surface area contributed by atoms with Crippen LogP contribution in [0.15, 0.2) is 18.2 Å². The number of aliphatic carboxylic acids is 1. The number of carboxylic acids is 1. The van der Waals surface area contributed by atoms with E-state index in [2.05, 4.69) is 5.32 Å². The summed E-state index contributed by atoms with van der Waals surface area (Å²) >= 11 is 0. The maximum absolute atomic E-state index is 13.7. The molecule has 1 aliphatic carbocycles. The predicted molar refractivity (Wildman–Crippen MR) is 95.1 cm³/mol. The lowest BCUT2D eigenvalue weighted by molar-refractivity contribution is -0.163. The predicted octanol–water partition coefficient (Wildman–Crippen LogP) is 5.04. The van der Waals surface area contributed by atoms with E-state index in [9.17, 15) is 23.1 Å². The molecule has 0 fully saturated rings. The van der Waals surface area contributed by atoms with Crippen molar-refractivity contribution in [3.8, 4) is 0 Å². The molecule has 1 aromatic rings. The zero-order chi connectivity index (χ0) is 19.5. The molecule has 26 heavy (non-hydrogen) atoms. The number of nitrogens with one attached hydrogen (secondary N) is 1. The summed E-state index contributed by atoms with van der Waals surface area (Å²) in [5.74, 6) is -1.25. The van der Waals surface area contributed by atoms with Crippen molar-refractivity contribution < 1.29 is 23.1 Å². The number of alkyl halides is 3. The molecule has 2 atom stereocenters. The molecule has 0 aliphatic heterocycles. The zero-order valence-electron chi connectivity index (χ0n) is 15.6. The van der Waals surface area contributed by atoms with Gasteiger partial charge in [0.1, 0.15) is 12.1 Å². The molecule has 0 spiro atoms. The van der Waals surface area contributed by atoms with Crippen LogP contribution in [-0.2, 0) is 17.6 Å². The van der Waals surface area contributed by atoms with Crippen molar-refractivity contribution in [2.45, 2.75) is 77.6 Å². The average molecular weight is 371 g/mol. The third-order valence-corrected chi connectivity index (χ3v) is 4.88. The van der Waals surface area contributed by atoms with Gasteiger partial charge in [-0.3, -0.25) is 10.1 Å². The number of hydrogen-bond donors (Lipinski definition) is 2. The van der Waals surface area contributed by atoms with Crippen molar-refractivity contribution in [2.75, 3.05) is 0 Å². The minimum absolute atomic E-state index is 0.0974. The average Bonchev–Trinajstić information content (AvgIpc) is 2.52. The van der Waals surface area contributed by atoms with Crippen LogP contribution in [0.4, 0.5) is 13.2 Å². The van der Waals surface area contributed by atoms with E-state index in [4.69, 9.17) is 0 Å². The van der Waals surface area contributed by atoms with Crippen LogP contribution >= 0.6 is 0 Å². The molecule has 146 valence electrons. The molecule has 0 saturated heterocycles. The lowest BCUT2D eigenvalue weighted by Gasteiger charge is -2.28. The van der Waals surface area contributed by atoms with Crippen LogP contribution in [0.5, 0.6) is 0 Å². The fraction of sp³-hybridized carbons (Fsp3) is 0.650. The van der Waals surface area contributed by atoms with Crippen molar-refractivity contribution in [1.82, 2.24) is 5.32 Å². The Morgan fingerprint density at radius 3 is 2.31 bits per heavy atom. The molecular formula is C20H28F3NO2. The van der Waals surface area contributed by atoms with E-state index in [0.717, 1.165) is 36.8 Å². The lowest BCUT2D eigenvalue weighted by Crippen LogP contribution is -2.45. The van der Waals surface area contributed by atoms with Gasteiger partial charge < -0.3 is 5.11 Å². The molecule has 0 saturated carbocycles. The van der Waals surface area contributed by atoms with E-state index in [-0.39, 0.29) is 17.4 Å². The van der Waals surface area contributed by atoms with E-state index in [0.29, 0.717) is 6.42 Å². The summed E-state index contributed by atoms with van der Waals surface area (Å²) in [7, 11) is 0. The van der Waals surface area contributed by atoms with Crippen LogP contribution in [-0.4, -0.2) is 23.3 Å². The van der Waals surface area contributed by atoms with Crippen molar-refractivity contribution in [1.29, 1.82) is 0 Å². The fourth-order valence-corrected chi connectivity index (χ4v) is 3.37. The number of carboxylic acid groups (broad SMARTS) is 1. The van der Waals surface area contributed by atoms with Gasteiger partial charge in [-0.05, 0) is 60.6 Å². The quantitative estimate of drug-likeness (QED) is 0.737. The summed E-state index contributed by atoms with van der Waals surface area (Å²) in [6, 6.07) is 1.63. The second-order valence-corrected chi connectivity index (χ2v) is 8.37. The summed E-state index contributed by atoms with van der Waals surface area (Å²) in [5.41, 5.74) is 2.00. The summed E-state index contributed by atoms with van der Waals surface area (Å²) < 4.78 is 41.0. The van der Waals surface area contributed by atoms with E-state index in [1.807, 2.05) is 20.8 Å². The van der Waals surface area contributed by atoms with Gasteiger partial charge in [0.05, 0.1) is 0 Å². The maximum atomic E-state index is 13.7. The number of hydrogen-bond acceptors (Lipinski definition) is 2. The third kappa shape index (κ3) is 5.73. The van der Waals surface area contributed by atoms with Gasteiger partial charge in [0.15, 0.2) is 0 Å². The molecule has 2 N–H and O–H groups in total. The smallest absolute Gasteiger partial charge is 0.407 e. The third-order valence-electron chi connectivity index (χ3n) is 4.88. The molecule has 1 aromatic carbocycles. The Bertz CT molecular complexity index is 635. The highest BCUT2D eigenvalue weighted by Crippen LogP contribution is 2.35. The van der Waals surface area contributed by atoms with Gasteiger partial charge in [-0.15, -0.1) is 0 Å². The van der Waals surface area contributed by atoms with Gasteiger partial charge in [0, 0.05) is 0 Å². The fourth-order valence-electron chi connectivity index (χ4n) is 3.37. The Morgan fingerprint density at radius 2 is 1.77 bits per heavy atom. The Morgan fingerprint density at radius 1 is 1.15 bits per heavy atom. The number of rotatable bonds is 6. The van der Waals surface area contributed by atoms with Crippen molar-refractivity contribution >= 4 is 5.97 Å². The number of carbonyl (C=O) groups is 1. The van der Waals surface area contributed by atoms with E-state index in [1.54, 1.807) is 12.1 Å². The van der Waals surface area contributed by atoms with Gasteiger partial charge in [-0.2, -0.15) is 13.2 Å². The molecule has 2 rings (SSSR count). The molecule has 1 aliphatic rings. The standard InChI is InChI=1S/C20H28F3NO2/c1-19(2,3)11-10-16(18(25)26)24-17(20(21,22)23)15-9-8-13-6-4-5-7-14(13)12-15/h8-9,12,16-17,24H,4-7,10-11H2,1-3H3,(H,25,26)/t16-,17-/m0/s1. The van der Waals surface area contributed by atoms with Gasteiger partial charge in [0.2, 0.25) is 0 Å². The van der Waals surface area contributed by atoms with Gasteiger partial charge >= 0.3 is 12.1 Å². The first kappa shape index (κ1) is 20.7. The van der Waals surface area contributed by atoms with Crippen LogP contribution in [0.3, 0.4) is 0 Å². The first-order valence-electron chi connectivity index (χ1n) is 9.14. The molecular weight excluding hydrogens is 343 g/mol. The van der Waals surface area contributed by atoms with E-state index >= 15 is 0 Å². The number of benzene rings is 1. The molecule has 0 aromatic heterocycles. The summed E-state index contributed by atoms with van der Waals surface area (Å²) in [4.78, 5) is 11.5. The van der Waals surface area contributed by atoms with Crippen LogP contribution < -0.4 is 5.32 Å². The van der Waals surface area contributed by atoms with E-state index < -0.39 is 24.2 Å². The highest BCUT2D eigenvalue weighted by atomic mass is 19.4. The Labute approximate surface area is 153 Å². The highest BCUT2D eigenvalue weighted by Gasteiger charge is 2.43. The first-order chi connectivity index (χ1) is 12.0. The maximum Gasteiger partial charge on any atom is 0.407 e. The molecule has 3 nitrogen and oxygen atoms in total. The molecule has 0 radical (unpaired) electrons. The normalized spacial score (nSPS) is 17.5. The molecule has 0 bridgehead atoms. The summed E-state index contributed by atoms with van der Waals surface area (Å²) in [6.45, 7) is 5.82. The van der Waals surface area contributed by atoms with Gasteiger partial charge in [0.25, 0.3) is 0 Å². The second kappa shape index (κ2) is 7.99.